The van der Waals surface area contributed by atoms with E-state index < -0.39 is 22.1 Å². The minimum absolute atomic E-state index is 0.145. The molecule has 9 nitrogen and oxygen atoms in total. The molecule has 0 aromatic carbocycles. The number of halogens is 3. The summed E-state index contributed by atoms with van der Waals surface area (Å²) in [5, 5.41) is 7.78. The van der Waals surface area contributed by atoms with Gasteiger partial charge in [0, 0.05) is 33.2 Å². The predicted octanol–water partition coefficient (Wildman–Crippen LogP) is 1.47. The third kappa shape index (κ3) is 4.08. The molecule has 0 N–H and O–H groups in total. The normalized spacial score (nSPS) is 16.0. The molecule has 29 heavy (non-hydrogen) atoms. The summed E-state index contributed by atoms with van der Waals surface area (Å²) in [6.07, 6.45) is -1.43. The molecule has 1 aliphatic heterocycles. The lowest BCUT2D eigenvalue weighted by molar-refractivity contribution is -0.133. The van der Waals surface area contributed by atoms with Gasteiger partial charge in [0.1, 0.15) is 17.1 Å². The Kier molecular flexibility index (Phi) is 6.11. The van der Waals surface area contributed by atoms with Gasteiger partial charge in [0.25, 0.3) is 6.43 Å². The van der Waals surface area contributed by atoms with Crippen LogP contribution in [0.15, 0.2) is 15.6 Å². The first-order valence-corrected chi connectivity index (χ1v) is 11.0. The second-order valence-corrected chi connectivity index (χ2v) is 9.45. The van der Waals surface area contributed by atoms with Gasteiger partial charge in [-0.05, 0) is 29.8 Å². The SMILES string of the molecule is Cc1c(S(=O)(=O)N2CCN(C(=O)Cn3nc(C(F)F)c(Br)c3C)CC2)cnn1C. The Bertz CT molecular complexity index is 1030. The number of hydrogen-bond donors (Lipinski definition) is 0. The van der Waals surface area contributed by atoms with Gasteiger partial charge in [0.05, 0.1) is 22.1 Å². The molecule has 0 atom stereocenters. The first kappa shape index (κ1) is 21.8. The number of amides is 1. The fourth-order valence-electron chi connectivity index (χ4n) is 3.12. The Morgan fingerprint density at radius 2 is 1.83 bits per heavy atom. The molecule has 2 aromatic rings. The molecule has 0 spiro atoms. The number of piperazine rings is 1. The van der Waals surface area contributed by atoms with Crippen LogP contribution in [0.4, 0.5) is 8.78 Å². The zero-order chi connectivity index (χ0) is 21.5. The molecule has 2 aromatic heterocycles. The van der Waals surface area contributed by atoms with Crippen LogP contribution >= 0.6 is 15.9 Å². The van der Waals surface area contributed by atoms with Crippen molar-refractivity contribution in [3.63, 3.8) is 0 Å². The highest BCUT2D eigenvalue weighted by atomic mass is 79.9. The predicted molar refractivity (Wildman–Crippen MR) is 103 cm³/mol. The Morgan fingerprint density at radius 1 is 1.21 bits per heavy atom. The molecule has 0 bridgehead atoms. The maximum absolute atomic E-state index is 13.0. The highest BCUT2D eigenvalue weighted by Gasteiger charge is 2.32. The maximum atomic E-state index is 13.0. The summed E-state index contributed by atoms with van der Waals surface area (Å²) in [6.45, 7) is 3.79. The van der Waals surface area contributed by atoms with Crippen molar-refractivity contribution in [3.8, 4) is 0 Å². The molecule has 160 valence electrons. The lowest BCUT2D eigenvalue weighted by Gasteiger charge is -2.34. The quantitative estimate of drug-likeness (QED) is 0.627. The number of alkyl halides is 2. The number of sulfonamides is 1. The number of hydrogen-bond acceptors (Lipinski definition) is 5. The van der Waals surface area contributed by atoms with E-state index in [1.54, 1.807) is 20.9 Å². The summed E-state index contributed by atoms with van der Waals surface area (Å²) in [5.41, 5.74) is 0.568. The molecular weight excluding hydrogens is 474 g/mol. The van der Waals surface area contributed by atoms with Crippen molar-refractivity contribution in [2.45, 2.75) is 31.7 Å². The van der Waals surface area contributed by atoms with Crippen LogP contribution in [0.25, 0.3) is 0 Å². The lowest BCUT2D eigenvalue weighted by atomic mass is 10.3. The van der Waals surface area contributed by atoms with Crippen LogP contribution in [0, 0.1) is 13.8 Å². The Balaban J connectivity index is 1.66. The molecule has 1 amide bonds. The molecule has 3 rings (SSSR count). The second-order valence-electron chi connectivity index (χ2n) is 6.75. The van der Waals surface area contributed by atoms with E-state index in [0.717, 1.165) is 0 Å². The first-order chi connectivity index (χ1) is 13.5. The summed E-state index contributed by atoms with van der Waals surface area (Å²) >= 11 is 3.08. The van der Waals surface area contributed by atoms with Crippen LogP contribution in [0.3, 0.4) is 0 Å². The largest absolute Gasteiger partial charge is 0.338 e. The van der Waals surface area contributed by atoms with Gasteiger partial charge in [-0.3, -0.25) is 14.2 Å². The van der Waals surface area contributed by atoms with E-state index in [4.69, 9.17) is 0 Å². The monoisotopic (exact) mass is 494 g/mol. The first-order valence-electron chi connectivity index (χ1n) is 8.81. The minimum Gasteiger partial charge on any atom is -0.338 e. The molecule has 1 aliphatic rings. The summed E-state index contributed by atoms with van der Waals surface area (Å²) in [7, 11) is -2.03. The number of nitrogens with zero attached hydrogens (tertiary/aromatic N) is 6. The van der Waals surface area contributed by atoms with E-state index in [9.17, 15) is 22.0 Å². The van der Waals surface area contributed by atoms with Crippen LogP contribution in [0.1, 0.15) is 23.5 Å². The summed E-state index contributed by atoms with van der Waals surface area (Å²) in [5.74, 6) is -0.307. The molecular formula is C16H21BrF2N6O3S. The molecule has 0 radical (unpaired) electrons. The van der Waals surface area contributed by atoms with E-state index in [1.165, 1.54) is 24.8 Å². The minimum atomic E-state index is -3.69. The van der Waals surface area contributed by atoms with Gasteiger partial charge in [0.2, 0.25) is 15.9 Å². The molecule has 3 heterocycles. The number of carbonyl (C=O) groups excluding carboxylic acids is 1. The van der Waals surface area contributed by atoms with Crippen molar-refractivity contribution in [1.82, 2.24) is 28.8 Å². The van der Waals surface area contributed by atoms with Gasteiger partial charge in [-0.15, -0.1) is 0 Å². The highest BCUT2D eigenvalue weighted by molar-refractivity contribution is 9.10. The topological polar surface area (TPSA) is 93.3 Å². The molecule has 0 saturated carbocycles. The van der Waals surface area contributed by atoms with E-state index >= 15 is 0 Å². The standard InChI is InChI=1S/C16H21BrF2N6O3S/c1-10-12(8-20-22(10)3)29(27,28)24-6-4-23(5-7-24)13(26)9-25-11(2)14(17)15(21-25)16(18)19/h8,16H,4-7,9H2,1-3H3. The van der Waals surface area contributed by atoms with Crippen LogP contribution in [0.5, 0.6) is 0 Å². The summed E-state index contributed by atoms with van der Waals surface area (Å²) in [4.78, 5) is 14.2. The van der Waals surface area contributed by atoms with Crippen LogP contribution in [0.2, 0.25) is 0 Å². The second kappa shape index (κ2) is 8.11. The highest BCUT2D eigenvalue weighted by Crippen LogP contribution is 2.29. The van der Waals surface area contributed by atoms with Crippen LogP contribution in [-0.2, 0) is 28.4 Å². The smallest absolute Gasteiger partial charge is 0.283 e. The molecule has 1 saturated heterocycles. The number of carbonyl (C=O) groups is 1. The number of aromatic nitrogens is 4. The molecule has 0 aliphatic carbocycles. The van der Waals surface area contributed by atoms with Gasteiger partial charge in [-0.1, -0.05) is 0 Å². The summed E-state index contributed by atoms with van der Waals surface area (Å²) in [6, 6.07) is 0. The van der Waals surface area contributed by atoms with Crippen LogP contribution in [-0.4, -0.2) is 69.3 Å². The zero-order valence-corrected chi connectivity index (χ0v) is 18.5. The van der Waals surface area contributed by atoms with Gasteiger partial charge >= 0.3 is 0 Å². The average Bonchev–Trinajstić information content (AvgIpc) is 3.16. The van der Waals surface area contributed by atoms with Gasteiger partial charge < -0.3 is 4.90 Å². The van der Waals surface area contributed by atoms with Crippen molar-refractivity contribution in [1.29, 1.82) is 0 Å². The van der Waals surface area contributed by atoms with E-state index in [-0.39, 0.29) is 48.0 Å². The van der Waals surface area contributed by atoms with Gasteiger partial charge in [-0.25, -0.2) is 17.2 Å². The molecule has 13 heteroatoms. The maximum Gasteiger partial charge on any atom is 0.283 e. The van der Waals surface area contributed by atoms with E-state index in [1.807, 2.05) is 0 Å². The summed E-state index contributed by atoms with van der Waals surface area (Å²) < 4.78 is 55.8. The Hall–Kier alpha value is -1.86. The van der Waals surface area contributed by atoms with Crippen molar-refractivity contribution in [3.05, 3.63) is 27.8 Å². The number of rotatable bonds is 5. The number of aryl methyl sites for hydroxylation is 1. The lowest BCUT2D eigenvalue weighted by Crippen LogP contribution is -2.51. The zero-order valence-electron chi connectivity index (χ0n) is 16.1. The molecule has 0 unspecified atom stereocenters. The fraction of sp³-hybridized carbons (Fsp3) is 0.562. The fourth-order valence-corrected chi connectivity index (χ4v) is 5.18. The Labute approximate surface area is 175 Å². The third-order valence-corrected chi connectivity index (χ3v) is 8.03. The van der Waals surface area contributed by atoms with Gasteiger partial charge in [0.15, 0.2) is 0 Å². The Morgan fingerprint density at radius 3 is 2.31 bits per heavy atom. The molecule has 1 fully saturated rings. The van der Waals surface area contributed by atoms with Crippen LogP contribution < -0.4 is 0 Å². The third-order valence-electron chi connectivity index (χ3n) is 5.05. The van der Waals surface area contributed by atoms with Crippen molar-refractivity contribution in [2.75, 3.05) is 26.2 Å². The van der Waals surface area contributed by atoms with Crippen molar-refractivity contribution < 1.29 is 22.0 Å². The van der Waals surface area contributed by atoms with Crippen molar-refractivity contribution in [2.24, 2.45) is 7.05 Å². The van der Waals surface area contributed by atoms with E-state index in [2.05, 4.69) is 26.1 Å². The van der Waals surface area contributed by atoms with E-state index in [0.29, 0.717) is 11.4 Å². The van der Waals surface area contributed by atoms with Gasteiger partial charge in [-0.2, -0.15) is 14.5 Å². The average molecular weight is 495 g/mol. The van der Waals surface area contributed by atoms with Crippen molar-refractivity contribution >= 4 is 31.9 Å².